The van der Waals surface area contributed by atoms with Crippen LogP contribution in [0.3, 0.4) is 0 Å². The summed E-state index contributed by atoms with van der Waals surface area (Å²) in [7, 11) is 0. The van der Waals surface area contributed by atoms with Gasteiger partial charge >= 0.3 is 0 Å². The molecule has 1 aliphatic carbocycles. The first-order chi connectivity index (χ1) is 6.90. The number of hydrogen-bond acceptors (Lipinski definition) is 3. The molecule has 3 nitrogen and oxygen atoms in total. The molecular formula is C11H22N2O. The second kappa shape index (κ2) is 5.10. The third-order valence-electron chi connectivity index (χ3n) is 3.68. The average Bonchev–Trinajstić information content (AvgIpc) is 2.67. The Bertz CT molecular complexity index is 169. The fraction of sp³-hybridized carbons (Fsp3) is 1.00. The second-order valence-corrected chi connectivity index (χ2v) is 4.67. The van der Waals surface area contributed by atoms with E-state index in [1.54, 1.807) is 0 Å². The summed E-state index contributed by atoms with van der Waals surface area (Å²) in [5.41, 5.74) is 0. The lowest BCUT2D eigenvalue weighted by atomic mass is 10.0. The SMILES string of the molecule is OCC1CCCC1NC1CCNCC1. The maximum Gasteiger partial charge on any atom is 0.0474 e. The Morgan fingerprint density at radius 3 is 2.64 bits per heavy atom. The van der Waals surface area contributed by atoms with Crippen LogP contribution in [0.4, 0.5) is 0 Å². The van der Waals surface area contributed by atoms with E-state index in [1.165, 1.54) is 32.1 Å². The highest BCUT2D eigenvalue weighted by molar-refractivity contribution is 4.86. The van der Waals surface area contributed by atoms with Gasteiger partial charge < -0.3 is 15.7 Å². The Hall–Kier alpha value is -0.120. The van der Waals surface area contributed by atoms with Crippen LogP contribution < -0.4 is 10.6 Å². The molecule has 0 radical (unpaired) electrons. The van der Waals surface area contributed by atoms with E-state index in [4.69, 9.17) is 0 Å². The molecule has 0 amide bonds. The minimum atomic E-state index is 0.364. The summed E-state index contributed by atoms with van der Waals surface area (Å²) in [6.07, 6.45) is 6.24. The van der Waals surface area contributed by atoms with E-state index in [1.807, 2.05) is 0 Å². The predicted molar refractivity (Wildman–Crippen MR) is 57.2 cm³/mol. The highest BCUT2D eigenvalue weighted by Gasteiger charge is 2.28. The first-order valence-corrected chi connectivity index (χ1v) is 5.98. The number of aliphatic hydroxyl groups is 1. The zero-order valence-electron chi connectivity index (χ0n) is 8.84. The van der Waals surface area contributed by atoms with E-state index < -0.39 is 0 Å². The van der Waals surface area contributed by atoms with Crippen LogP contribution in [0.2, 0.25) is 0 Å². The Morgan fingerprint density at radius 2 is 1.93 bits per heavy atom. The molecule has 1 aliphatic heterocycles. The van der Waals surface area contributed by atoms with Crippen molar-refractivity contribution in [3.05, 3.63) is 0 Å². The Kier molecular flexibility index (Phi) is 3.79. The summed E-state index contributed by atoms with van der Waals surface area (Å²) in [4.78, 5) is 0. The highest BCUT2D eigenvalue weighted by atomic mass is 16.3. The van der Waals surface area contributed by atoms with Crippen molar-refractivity contribution in [1.29, 1.82) is 0 Å². The molecule has 0 spiro atoms. The molecule has 3 heteroatoms. The molecule has 2 unspecified atom stereocenters. The predicted octanol–water partition coefficient (Wildman–Crippen LogP) is 0.489. The summed E-state index contributed by atoms with van der Waals surface area (Å²) >= 11 is 0. The number of aliphatic hydroxyl groups excluding tert-OH is 1. The van der Waals surface area contributed by atoms with Gasteiger partial charge in [0.2, 0.25) is 0 Å². The topological polar surface area (TPSA) is 44.3 Å². The van der Waals surface area contributed by atoms with Gasteiger partial charge in [0.25, 0.3) is 0 Å². The Morgan fingerprint density at radius 1 is 1.14 bits per heavy atom. The van der Waals surface area contributed by atoms with Crippen molar-refractivity contribution in [1.82, 2.24) is 10.6 Å². The van der Waals surface area contributed by atoms with Gasteiger partial charge in [0.15, 0.2) is 0 Å². The maximum atomic E-state index is 9.21. The van der Waals surface area contributed by atoms with E-state index >= 15 is 0 Å². The number of piperidine rings is 1. The average molecular weight is 198 g/mol. The summed E-state index contributed by atoms with van der Waals surface area (Å²) in [6.45, 7) is 2.66. The first kappa shape index (κ1) is 10.4. The van der Waals surface area contributed by atoms with E-state index in [9.17, 15) is 5.11 Å². The third-order valence-corrected chi connectivity index (χ3v) is 3.68. The standard InChI is InChI=1S/C11H22N2O/c14-8-9-2-1-3-11(9)13-10-4-6-12-7-5-10/h9-14H,1-8H2. The molecule has 0 aromatic rings. The van der Waals surface area contributed by atoms with Crippen molar-refractivity contribution in [2.24, 2.45) is 5.92 Å². The molecule has 2 atom stereocenters. The van der Waals surface area contributed by atoms with E-state index in [0.717, 1.165) is 13.1 Å². The maximum absolute atomic E-state index is 9.21. The van der Waals surface area contributed by atoms with Gasteiger partial charge in [-0.15, -0.1) is 0 Å². The van der Waals surface area contributed by atoms with Crippen LogP contribution in [-0.2, 0) is 0 Å². The van der Waals surface area contributed by atoms with Gasteiger partial charge in [0.1, 0.15) is 0 Å². The van der Waals surface area contributed by atoms with Crippen LogP contribution in [-0.4, -0.2) is 36.9 Å². The van der Waals surface area contributed by atoms with Crippen LogP contribution >= 0.6 is 0 Å². The van der Waals surface area contributed by atoms with Gasteiger partial charge in [0.05, 0.1) is 0 Å². The molecule has 2 rings (SSSR count). The third kappa shape index (κ3) is 2.47. The van der Waals surface area contributed by atoms with Crippen LogP contribution in [0.5, 0.6) is 0 Å². The van der Waals surface area contributed by atoms with Gasteiger partial charge in [-0.2, -0.15) is 0 Å². The monoisotopic (exact) mass is 198 g/mol. The molecule has 82 valence electrons. The molecule has 0 aromatic carbocycles. The van der Waals surface area contributed by atoms with Gasteiger partial charge in [0, 0.05) is 18.7 Å². The lowest BCUT2D eigenvalue weighted by Crippen LogP contribution is -2.46. The zero-order valence-corrected chi connectivity index (χ0v) is 8.84. The lowest BCUT2D eigenvalue weighted by molar-refractivity contribution is 0.194. The molecule has 1 saturated heterocycles. The van der Waals surface area contributed by atoms with E-state index in [2.05, 4.69) is 10.6 Å². The van der Waals surface area contributed by atoms with Crippen molar-refractivity contribution in [3.8, 4) is 0 Å². The minimum Gasteiger partial charge on any atom is -0.396 e. The van der Waals surface area contributed by atoms with Crippen LogP contribution in [0.1, 0.15) is 32.1 Å². The minimum absolute atomic E-state index is 0.364. The Labute approximate surface area is 86.3 Å². The van der Waals surface area contributed by atoms with E-state index in [-0.39, 0.29) is 0 Å². The summed E-state index contributed by atoms with van der Waals surface area (Å²) in [6, 6.07) is 1.27. The summed E-state index contributed by atoms with van der Waals surface area (Å²) in [5, 5.41) is 16.3. The largest absolute Gasteiger partial charge is 0.396 e. The zero-order chi connectivity index (χ0) is 9.80. The van der Waals surface area contributed by atoms with Gasteiger partial charge in [-0.3, -0.25) is 0 Å². The number of hydrogen-bond donors (Lipinski definition) is 3. The lowest BCUT2D eigenvalue weighted by Gasteiger charge is -2.29. The Balaban J connectivity index is 1.77. The van der Waals surface area contributed by atoms with Crippen LogP contribution in [0, 0.1) is 5.92 Å². The fourth-order valence-corrected chi connectivity index (χ4v) is 2.77. The molecule has 14 heavy (non-hydrogen) atoms. The number of rotatable bonds is 3. The van der Waals surface area contributed by atoms with Gasteiger partial charge in [-0.05, 0) is 44.7 Å². The van der Waals surface area contributed by atoms with Crippen molar-refractivity contribution in [2.75, 3.05) is 19.7 Å². The van der Waals surface area contributed by atoms with Crippen molar-refractivity contribution in [2.45, 2.75) is 44.2 Å². The second-order valence-electron chi connectivity index (χ2n) is 4.67. The van der Waals surface area contributed by atoms with Crippen molar-refractivity contribution in [3.63, 3.8) is 0 Å². The summed E-state index contributed by atoms with van der Waals surface area (Å²) < 4.78 is 0. The fourth-order valence-electron chi connectivity index (χ4n) is 2.77. The van der Waals surface area contributed by atoms with Crippen LogP contribution in [0.25, 0.3) is 0 Å². The molecule has 0 aromatic heterocycles. The number of nitrogens with one attached hydrogen (secondary N) is 2. The molecule has 1 saturated carbocycles. The molecule has 0 bridgehead atoms. The molecule has 2 aliphatic rings. The molecule has 2 fully saturated rings. The quantitative estimate of drug-likeness (QED) is 0.618. The molecule has 1 heterocycles. The van der Waals surface area contributed by atoms with Crippen molar-refractivity contribution < 1.29 is 5.11 Å². The highest BCUT2D eigenvalue weighted by Crippen LogP contribution is 2.26. The summed E-state index contributed by atoms with van der Waals surface area (Å²) in [5.74, 6) is 0.518. The normalized spacial score (nSPS) is 34.9. The van der Waals surface area contributed by atoms with E-state index in [0.29, 0.717) is 24.6 Å². The smallest absolute Gasteiger partial charge is 0.0474 e. The van der Waals surface area contributed by atoms with Gasteiger partial charge in [-0.25, -0.2) is 0 Å². The molecular weight excluding hydrogens is 176 g/mol. The van der Waals surface area contributed by atoms with Crippen molar-refractivity contribution >= 4 is 0 Å². The molecule has 3 N–H and O–H groups in total. The first-order valence-electron chi connectivity index (χ1n) is 5.98. The van der Waals surface area contributed by atoms with Crippen LogP contribution in [0.15, 0.2) is 0 Å². The van der Waals surface area contributed by atoms with Gasteiger partial charge in [-0.1, -0.05) is 6.42 Å².